The molecule has 1 aromatic carbocycles. The zero-order valence-electron chi connectivity index (χ0n) is 16.4. The molecule has 4 aromatic rings. The number of aryl methyl sites for hydroxylation is 1. The molecule has 1 N–H and O–H groups in total. The molecule has 0 saturated heterocycles. The first kappa shape index (κ1) is 19.2. The Morgan fingerprint density at radius 2 is 1.90 bits per heavy atom. The van der Waals surface area contributed by atoms with Gasteiger partial charge in [-0.2, -0.15) is 10.1 Å². The van der Waals surface area contributed by atoms with Gasteiger partial charge in [0.1, 0.15) is 12.2 Å². The molecule has 4 rings (SSSR count). The van der Waals surface area contributed by atoms with Gasteiger partial charge in [0.05, 0.1) is 0 Å². The van der Waals surface area contributed by atoms with E-state index in [9.17, 15) is 9.59 Å². The molecule has 3 aromatic heterocycles. The first-order valence-corrected chi connectivity index (χ1v) is 9.20. The molecular formula is C21H18N6O3. The van der Waals surface area contributed by atoms with E-state index in [-0.39, 0.29) is 18.3 Å². The predicted octanol–water partition coefficient (Wildman–Crippen LogP) is 2.61. The lowest BCUT2D eigenvalue weighted by Crippen LogP contribution is -2.29. The summed E-state index contributed by atoms with van der Waals surface area (Å²) in [5, 5.41) is 11.0. The van der Waals surface area contributed by atoms with Gasteiger partial charge in [-0.1, -0.05) is 17.3 Å². The Kier molecular flexibility index (Phi) is 5.17. The summed E-state index contributed by atoms with van der Waals surface area (Å²) in [6.45, 7) is 3.64. The fourth-order valence-corrected chi connectivity index (χ4v) is 2.83. The predicted molar refractivity (Wildman–Crippen MR) is 110 cm³/mol. The van der Waals surface area contributed by atoms with Crippen molar-refractivity contribution in [2.75, 3.05) is 5.32 Å². The smallest absolute Gasteiger partial charge is 0.278 e. The monoisotopic (exact) mass is 402 g/mol. The van der Waals surface area contributed by atoms with Crippen LogP contribution >= 0.6 is 0 Å². The second-order valence-corrected chi connectivity index (χ2v) is 6.67. The molecule has 0 saturated carbocycles. The highest BCUT2D eigenvalue weighted by molar-refractivity contribution is 5.91. The first-order valence-electron chi connectivity index (χ1n) is 9.20. The summed E-state index contributed by atoms with van der Waals surface area (Å²) in [5.74, 6) is 0.156. The van der Waals surface area contributed by atoms with E-state index >= 15 is 0 Å². The third-order valence-electron chi connectivity index (χ3n) is 4.62. The summed E-state index contributed by atoms with van der Waals surface area (Å²) in [7, 11) is 0. The molecule has 30 heavy (non-hydrogen) atoms. The average Bonchev–Trinajstić information content (AvgIpc) is 3.24. The second-order valence-electron chi connectivity index (χ2n) is 6.67. The highest BCUT2D eigenvalue weighted by Gasteiger charge is 2.15. The number of carbonyl (C=O) groups is 1. The molecule has 0 unspecified atom stereocenters. The van der Waals surface area contributed by atoms with Crippen LogP contribution in [0.3, 0.4) is 0 Å². The highest BCUT2D eigenvalue weighted by Crippen LogP contribution is 2.20. The Labute approximate surface area is 171 Å². The number of amides is 1. The summed E-state index contributed by atoms with van der Waals surface area (Å²) in [6, 6.07) is 11.9. The minimum atomic E-state index is -0.413. The minimum Gasteiger partial charge on any atom is -0.332 e. The SMILES string of the molecule is Cc1cccc(NC(=O)Cn2nc(-c3nc(-c4ccncc4)no3)ccc2=O)c1C. The van der Waals surface area contributed by atoms with Crippen LogP contribution < -0.4 is 10.9 Å². The third-order valence-corrected chi connectivity index (χ3v) is 4.62. The number of benzene rings is 1. The number of carbonyl (C=O) groups excluding carboxylic acids is 1. The summed E-state index contributed by atoms with van der Waals surface area (Å²) in [6.07, 6.45) is 3.25. The number of aromatic nitrogens is 5. The average molecular weight is 402 g/mol. The normalized spacial score (nSPS) is 10.7. The van der Waals surface area contributed by atoms with Crippen molar-refractivity contribution in [2.45, 2.75) is 20.4 Å². The lowest BCUT2D eigenvalue weighted by Gasteiger charge is -2.11. The molecule has 0 aliphatic rings. The number of anilines is 1. The van der Waals surface area contributed by atoms with Crippen LogP contribution in [0.5, 0.6) is 0 Å². The second kappa shape index (κ2) is 8.08. The van der Waals surface area contributed by atoms with Gasteiger partial charge in [0.2, 0.25) is 11.7 Å². The van der Waals surface area contributed by atoms with Crippen LogP contribution in [0.4, 0.5) is 5.69 Å². The number of hydrogen-bond donors (Lipinski definition) is 1. The molecule has 3 heterocycles. The summed E-state index contributed by atoms with van der Waals surface area (Å²) in [5.41, 5.74) is 3.34. The number of rotatable bonds is 5. The van der Waals surface area contributed by atoms with E-state index in [2.05, 4.69) is 25.5 Å². The number of pyridine rings is 1. The third kappa shape index (κ3) is 4.00. The Morgan fingerprint density at radius 1 is 1.10 bits per heavy atom. The van der Waals surface area contributed by atoms with Gasteiger partial charge in [0.15, 0.2) is 0 Å². The summed E-state index contributed by atoms with van der Waals surface area (Å²) in [4.78, 5) is 32.9. The molecule has 9 nitrogen and oxygen atoms in total. The van der Waals surface area contributed by atoms with Gasteiger partial charge in [-0.15, -0.1) is 0 Å². The van der Waals surface area contributed by atoms with Crippen LogP contribution in [0, 0.1) is 13.8 Å². The number of nitrogens with one attached hydrogen (secondary N) is 1. The van der Waals surface area contributed by atoms with Crippen molar-refractivity contribution >= 4 is 11.6 Å². The summed E-state index contributed by atoms with van der Waals surface area (Å²) < 4.78 is 6.33. The van der Waals surface area contributed by atoms with E-state index in [1.807, 2.05) is 32.0 Å². The van der Waals surface area contributed by atoms with Crippen molar-refractivity contribution in [3.05, 3.63) is 76.3 Å². The molecule has 0 radical (unpaired) electrons. The molecule has 0 fully saturated rings. The lowest BCUT2D eigenvalue weighted by atomic mass is 10.1. The van der Waals surface area contributed by atoms with Crippen molar-refractivity contribution < 1.29 is 9.32 Å². The molecule has 0 bridgehead atoms. The van der Waals surface area contributed by atoms with E-state index in [1.54, 1.807) is 24.5 Å². The maximum atomic E-state index is 12.5. The van der Waals surface area contributed by atoms with Gasteiger partial charge in [-0.05, 0) is 49.2 Å². The molecule has 0 aliphatic carbocycles. The molecule has 150 valence electrons. The van der Waals surface area contributed by atoms with Gasteiger partial charge in [-0.25, -0.2) is 4.68 Å². The fourth-order valence-electron chi connectivity index (χ4n) is 2.83. The van der Waals surface area contributed by atoms with Crippen molar-refractivity contribution in [1.29, 1.82) is 0 Å². The lowest BCUT2D eigenvalue weighted by molar-refractivity contribution is -0.117. The molecular weight excluding hydrogens is 384 g/mol. The molecule has 0 atom stereocenters. The fraction of sp³-hybridized carbons (Fsp3) is 0.143. The van der Waals surface area contributed by atoms with E-state index in [4.69, 9.17) is 4.52 Å². The van der Waals surface area contributed by atoms with Crippen molar-refractivity contribution in [3.8, 4) is 23.0 Å². The number of hydrogen-bond acceptors (Lipinski definition) is 7. The maximum absolute atomic E-state index is 12.5. The Balaban J connectivity index is 1.55. The van der Waals surface area contributed by atoms with E-state index < -0.39 is 5.56 Å². The van der Waals surface area contributed by atoms with E-state index in [1.165, 1.54) is 12.1 Å². The Bertz CT molecular complexity index is 1260. The number of nitrogens with zero attached hydrogens (tertiary/aromatic N) is 5. The maximum Gasteiger partial charge on any atom is 0.278 e. The zero-order chi connectivity index (χ0) is 21.1. The van der Waals surface area contributed by atoms with Crippen molar-refractivity contribution in [3.63, 3.8) is 0 Å². The van der Waals surface area contributed by atoms with Gasteiger partial charge in [0.25, 0.3) is 11.4 Å². The van der Waals surface area contributed by atoms with Gasteiger partial charge >= 0.3 is 0 Å². The van der Waals surface area contributed by atoms with E-state index in [0.717, 1.165) is 21.4 Å². The van der Waals surface area contributed by atoms with Gasteiger partial charge in [0, 0.05) is 29.7 Å². The Hall–Kier alpha value is -4.14. The first-order chi connectivity index (χ1) is 14.5. The van der Waals surface area contributed by atoms with Crippen molar-refractivity contribution in [1.82, 2.24) is 24.9 Å². The quantitative estimate of drug-likeness (QED) is 0.545. The van der Waals surface area contributed by atoms with Crippen LogP contribution in [0.1, 0.15) is 11.1 Å². The van der Waals surface area contributed by atoms with Crippen LogP contribution in [0.15, 0.2) is 64.2 Å². The van der Waals surface area contributed by atoms with Crippen molar-refractivity contribution in [2.24, 2.45) is 0 Å². The van der Waals surface area contributed by atoms with Gasteiger partial charge < -0.3 is 9.84 Å². The standard InChI is InChI=1S/C21H18N6O3/c1-13-4-3-5-16(14(13)2)23-18(28)12-27-19(29)7-6-17(25-27)21-24-20(26-30-21)15-8-10-22-11-9-15/h3-11H,12H2,1-2H3,(H,23,28). The minimum absolute atomic E-state index is 0.144. The molecule has 9 heteroatoms. The van der Waals surface area contributed by atoms with Crippen LogP contribution in [0.2, 0.25) is 0 Å². The largest absolute Gasteiger partial charge is 0.332 e. The van der Waals surface area contributed by atoms with Crippen LogP contribution in [-0.4, -0.2) is 30.8 Å². The Morgan fingerprint density at radius 3 is 2.70 bits per heavy atom. The summed E-state index contributed by atoms with van der Waals surface area (Å²) >= 11 is 0. The highest BCUT2D eigenvalue weighted by atomic mass is 16.5. The molecule has 0 spiro atoms. The van der Waals surface area contributed by atoms with Gasteiger partial charge in [-0.3, -0.25) is 14.6 Å². The van der Waals surface area contributed by atoms with Crippen LogP contribution in [0.25, 0.3) is 23.0 Å². The zero-order valence-corrected chi connectivity index (χ0v) is 16.4. The van der Waals surface area contributed by atoms with Crippen LogP contribution in [-0.2, 0) is 11.3 Å². The molecule has 0 aliphatic heterocycles. The molecule has 1 amide bonds. The topological polar surface area (TPSA) is 116 Å². The van der Waals surface area contributed by atoms with E-state index in [0.29, 0.717) is 17.2 Å².